The van der Waals surface area contributed by atoms with Gasteiger partial charge in [0.15, 0.2) is 6.10 Å². The molecule has 0 aromatic rings. The van der Waals surface area contributed by atoms with Gasteiger partial charge in [0.1, 0.15) is 13.2 Å². The molecule has 0 aromatic carbocycles. The molecular formula is C60H94O6. The van der Waals surface area contributed by atoms with Crippen molar-refractivity contribution in [3.8, 4) is 0 Å². The van der Waals surface area contributed by atoms with Gasteiger partial charge in [-0.1, -0.05) is 225 Å². The summed E-state index contributed by atoms with van der Waals surface area (Å²) in [7, 11) is 0. The molecule has 0 amide bonds. The molecule has 0 aliphatic carbocycles. The molecule has 0 saturated carbocycles. The Morgan fingerprint density at radius 2 is 0.697 bits per heavy atom. The van der Waals surface area contributed by atoms with Gasteiger partial charge in [-0.2, -0.15) is 0 Å². The van der Waals surface area contributed by atoms with Crippen LogP contribution in [-0.2, 0) is 28.6 Å². The summed E-state index contributed by atoms with van der Waals surface area (Å²) in [5.41, 5.74) is 0. The predicted molar refractivity (Wildman–Crippen MR) is 283 cm³/mol. The number of rotatable bonds is 45. The van der Waals surface area contributed by atoms with Gasteiger partial charge in [-0.15, -0.1) is 0 Å². The zero-order valence-electron chi connectivity index (χ0n) is 42.1. The summed E-state index contributed by atoms with van der Waals surface area (Å²) in [5, 5.41) is 0. The molecule has 0 aliphatic heterocycles. The standard InChI is InChI=1S/C60H94O6/c1-4-7-10-13-16-19-22-25-27-29-30-31-33-35-38-41-44-47-50-53-59(62)65-56-57(55-64-58(61)52-49-46-43-40-37-34-24-21-18-15-12-9-6-3)66-60(63)54-51-48-45-42-39-36-32-28-26-23-20-17-14-11-8-5-2/h8-9,11-12,15-22,24-26,28,34,36-37,39,45,48,57H,4-7,10,13-14,23,27,29-33,35,38,40-44,46-47,49-56H2,1-3H3/b11-8-,12-9-,18-15-,19-16-,20-17-,24-21-,25-22-,28-26-,37-34-,39-36-,48-45-. The molecule has 0 aliphatic rings. The minimum atomic E-state index is -0.840. The fraction of sp³-hybridized carbons (Fsp3) is 0.583. The van der Waals surface area contributed by atoms with E-state index in [1.54, 1.807) is 0 Å². The SMILES string of the molecule is CC\C=C/C=C\C=C/C=C\CCCCCC(=O)OCC(COC(=O)CCCCCCCCCCCC/C=C\C=C/CCCCC)OC(=O)CC/C=C\C/C=C\C/C=C\C/C=C\C/C=C\CC. The molecule has 0 rings (SSSR count). The molecule has 0 N–H and O–H groups in total. The van der Waals surface area contributed by atoms with Crippen LogP contribution < -0.4 is 0 Å². The van der Waals surface area contributed by atoms with E-state index in [1.807, 2.05) is 48.6 Å². The first kappa shape index (κ1) is 61.5. The van der Waals surface area contributed by atoms with Crippen LogP contribution in [0.25, 0.3) is 0 Å². The van der Waals surface area contributed by atoms with Gasteiger partial charge in [-0.25, -0.2) is 0 Å². The van der Waals surface area contributed by atoms with Crippen LogP contribution in [0.1, 0.15) is 207 Å². The summed E-state index contributed by atoms with van der Waals surface area (Å²) in [4.78, 5) is 38.0. The van der Waals surface area contributed by atoms with E-state index in [0.717, 1.165) is 83.5 Å². The predicted octanol–water partition coefficient (Wildman–Crippen LogP) is 17.5. The smallest absolute Gasteiger partial charge is 0.306 e. The number of carbonyl (C=O) groups excluding carboxylic acids is 3. The normalized spacial score (nSPS) is 13.2. The first-order valence-electron chi connectivity index (χ1n) is 26.3. The van der Waals surface area contributed by atoms with Gasteiger partial charge in [0, 0.05) is 19.3 Å². The van der Waals surface area contributed by atoms with Crippen molar-refractivity contribution in [2.45, 2.75) is 213 Å². The van der Waals surface area contributed by atoms with Crippen LogP contribution in [0, 0.1) is 0 Å². The highest BCUT2D eigenvalue weighted by molar-refractivity contribution is 5.71. The van der Waals surface area contributed by atoms with E-state index in [-0.39, 0.29) is 31.6 Å². The fourth-order valence-corrected chi connectivity index (χ4v) is 6.61. The number of allylic oxidation sites excluding steroid dienone is 22. The quantitative estimate of drug-likeness (QED) is 0.0199. The largest absolute Gasteiger partial charge is 0.462 e. The maximum atomic E-state index is 12.8. The van der Waals surface area contributed by atoms with Crippen molar-refractivity contribution in [3.63, 3.8) is 0 Å². The zero-order chi connectivity index (χ0) is 47.9. The topological polar surface area (TPSA) is 78.9 Å². The Labute approximate surface area is 405 Å². The number of carbonyl (C=O) groups is 3. The lowest BCUT2D eigenvalue weighted by Crippen LogP contribution is -2.30. The average Bonchev–Trinajstić information content (AvgIpc) is 3.31. The molecule has 0 aromatic heterocycles. The van der Waals surface area contributed by atoms with Crippen molar-refractivity contribution in [2.24, 2.45) is 0 Å². The van der Waals surface area contributed by atoms with Crippen molar-refractivity contribution in [1.29, 1.82) is 0 Å². The van der Waals surface area contributed by atoms with Gasteiger partial charge < -0.3 is 14.2 Å². The third-order valence-corrected chi connectivity index (χ3v) is 10.5. The number of hydrogen-bond donors (Lipinski definition) is 0. The number of hydrogen-bond acceptors (Lipinski definition) is 6. The van der Waals surface area contributed by atoms with Crippen LogP contribution in [0.4, 0.5) is 0 Å². The van der Waals surface area contributed by atoms with Gasteiger partial charge in [-0.3, -0.25) is 14.4 Å². The summed E-state index contributed by atoms with van der Waals surface area (Å²) in [6.45, 7) is 6.24. The van der Waals surface area contributed by atoms with Gasteiger partial charge in [0.05, 0.1) is 0 Å². The highest BCUT2D eigenvalue weighted by Crippen LogP contribution is 2.13. The molecule has 66 heavy (non-hydrogen) atoms. The van der Waals surface area contributed by atoms with Gasteiger partial charge in [0.2, 0.25) is 0 Å². The number of esters is 3. The van der Waals surface area contributed by atoms with Gasteiger partial charge in [-0.05, 0) is 96.3 Å². The minimum absolute atomic E-state index is 0.127. The summed E-state index contributed by atoms with van der Waals surface area (Å²) in [6.07, 6.45) is 74.5. The van der Waals surface area contributed by atoms with Crippen LogP contribution in [0.15, 0.2) is 134 Å². The molecule has 0 bridgehead atoms. The zero-order valence-corrected chi connectivity index (χ0v) is 42.1. The Balaban J connectivity index is 4.54. The second kappa shape index (κ2) is 53.2. The van der Waals surface area contributed by atoms with Crippen molar-refractivity contribution in [3.05, 3.63) is 134 Å². The first-order chi connectivity index (χ1) is 32.5. The second-order valence-electron chi connectivity index (χ2n) is 16.8. The van der Waals surface area contributed by atoms with Gasteiger partial charge >= 0.3 is 17.9 Å². The summed E-state index contributed by atoms with van der Waals surface area (Å²) in [5.74, 6) is -1.06. The molecule has 370 valence electrons. The first-order valence-corrected chi connectivity index (χ1v) is 26.3. The van der Waals surface area contributed by atoms with E-state index in [4.69, 9.17) is 14.2 Å². The molecule has 6 nitrogen and oxygen atoms in total. The van der Waals surface area contributed by atoms with Crippen molar-refractivity contribution in [1.82, 2.24) is 0 Å². The van der Waals surface area contributed by atoms with Crippen LogP contribution >= 0.6 is 0 Å². The lowest BCUT2D eigenvalue weighted by atomic mass is 10.1. The maximum Gasteiger partial charge on any atom is 0.306 e. The van der Waals surface area contributed by atoms with Crippen LogP contribution in [0.3, 0.4) is 0 Å². The van der Waals surface area contributed by atoms with E-state index in [1.165, 1.54) is 77.0 Å². The lowest BCUT2D eigenvalue weighted by molar-refractivity contribution is -0.166. The van der Waals surface area contributed by atoms with E-state index >= 15 is 0 Å². The number of ether oxygens (including phenoxy) is 3. The summed E-state index contributed by atoms with van der Waals surface area (Å²) >= 11 is 0. The Morgan fingerprint density at radius 3 is 1.17 bits per heavy atom. The minimum Gasteiger partial charge on any atom is -0.462 e. The van der Waals surface area contributed by atoms with Crippen molar-refractivity contribution < 1.29 is 28.6 Å². The van der Waals surface area contributed by atoms with Crippen LogP contribution in [0.5, 0.6) is 0 Å². The lowest BCUT2D eigenvalue weighted by Gasteiger charge is -2.18. The van der Waals surface area contributed by atoms with Crippen molar-refractivity contribution >= 4 is 17.9 Å². The van der Waals surface area contributed by atoms with Crippen molar-refractivity contribution in [2.75, 3.05) is 13.2 Å². The van der Waals surface area contributed by atoms with E-state index in [9.17, 15) is 14.4 Å². The van der Waals surface area contributed by atoms with Crippen LogP contribution in [-0.4, -0.2) is 37.2 Å². The third kappa shape index (κ3) is 50.5. The maximum absolute atomic E-state index is 12.8. The van der Waals surface area contributed by atoms with E-state index in [2.05, 4.69) is 106 Å². The fourth-order valence-electron chi connectivity index (χ4n) is 6.61. The Kier molecular flexibility index (Phi) is 49.6. The van der Waals surface area contributed by atoms with E-state index in [0.29, 0.717) is 19.3 Å². The highest BCUT2D eigenvalue weighted by Gasteiger charge is 2.19. The highest BCUT2D eigenvalue weighted by atomic mass is 16.6. The van der Waals surface area contributed by atoms with Crippen LogP contribution in [0.2, 0.25) is 0 Å². The molecule has 0 radical (unpaired) electrons. The number of unbranched alkanes of at least 4 members (excludes halogenated alkanes) is 16. The molecule has 1 atom stereocenters. The second-order valence-corrected chi connectivity index (χ2v) is 16.8. The van der Waals surface area contributed by atoms with E-state index < -0.39 is 12.1 Å². The molecule has 0 fully saturated rings. The molecule has 0 saturated heterocycles. The molecule has 1 unspecified atom stereocenters. The molecule has 0 heterocycles. The summed E-state index contributed by atoms with van der Waals surface area (Å²) in [6, 6.07) is 0. The molecule has 6 heteroatoms. The Hall–Kier alpha value is -4.45. The monoisotopic (exact) mass is 911 g/mol. The molecular weight excluding hydrogens is 817 g/mol. The Morgan fingerprint density at radius 1 is 0.333 bits per heavy atom. The summed E-state index contributed by atoms with van der Waals surface area (Å²) < 4.78 is 16.7. The Bertz CT molecular complexity index is 1460. The third-order valence-electron chi connectivity index (χ3n) is 10.5. The van der Waals surface area contributed by atoms with Gasteiger partial charge in [0.25, 0.3) is 0 Å². The average molecular weight is 911 g/mol. The molecule has 0 spiro atoms.